The minimum atomic E-state index is 0.384. The quantitative estimate of drug-likeness (QED) is 0.608. The first-order chi connectivity index (χ1) is 7.88. The first-order valence-electron chi connectivity index (χ1n) is 5.89. The number of hydrogen-bond donors (Lipinski definition) is 1. The van der Waals surface area contributed by atoms with Gasteiger partial charge in [0, 0.05) is 19.0 Å². The van der Waals surface area contributed by atoms with E-state index in [1.54, 1.807) is 0 Å². The molecule has 2 fully saturated rings. The van der Waals surface area contributed by atoms with Crippen LogP contribution in [0.2, 0.25) is 0 Å². The zero-order chi connectivity index (χ0) is 11.0. The molecule has 3 rings (SSSR count). The summed E-state index contributed by atoms with van der Waals surface area (Å²) >= 11 is 0. The van der Waals surface area contributed by atoms with Crippen LogP contribution in [-0.4, -0.2) is 27.9 Å². The molecule has 0 radical (unpaired) electrons. The third-order valence-electron chi connectivity index (χ3n) is 3.81. The van der Waals surface area contributed by atoms with E-state index in [1.165, 1.54) is 12.0 Å². The molecule has 0 amide bonds. The van der Waals surface area contributed by atoms with Crippen molar-refractivity contribution in [3.8, 4) is 0 Å². The first-order valence-corrected chi connectivity index (χ1v) is 5.89. The van der Waals surface area contributed by atoms with E-state index in [0.29, 0.717) is 12.1 Å². The Balaban J connectivity index is 1.78. The summed E-state index contributed by atoms with van der Waals surface area (Å²) in [5, 5.41) is 12.4. The summed E-state index contributed by atoms with van der Waals surface area (Å²) in [5.41, 5.74) is 2.32. The molecule has 0 saturated carbocycles. The Morgan fingerprint density at radius 3 is 2.75 bits per heavy atom. The largest absolute Gasteiger partial charge is 0.411 e. The molecule has 84 valence electrons. The molecule has 1 aromatic rings. The Morgan fingerprint density at radius 1 is 1.25 bits per heavy atom. The molecule has 2 bridgehead atoms. The van der Waals surface area contributed by atoms with Crippen LogP contribution in [0.1, 0.15) is 24.8 Å². The fourth-order valence-corrected chi connectivity index (χ4v) is 3.03. The van der Waals surface area contributed by atoms with Crippen LogP contribution >= 0.6 is 0 Å². The highest BCUT2D eigenvalue weighted by atomic mass is 16.4. The van der Waals surface area contributed by atoms with Gasteiger partial charge < -0.3 is 5.21 Å². The van der Waals surface area contributed by atoms with Crippen molar-refractivity contribution in [1.29, 1.82) is 0 Å². The molecule has 2 aliphatic heterocycles. The van der Waals surface area contributed by atoms with Crippen molar-refractivity contribution in [3.05, 3.63) is 35.9 Å². The zero-order valence-electron chi connectivity index (χ0n) is 9.21. The van der Waals surface area contributed by atoms with Gasteiger partial charge in [-0.15, -0.1) is 0 Å². The smallest absolute Gasteiger partial charge is 0.0757 e. The topological polar surface area (TPSA) is 35.8 Å². The minimum Gasteiger partial charge on any atom is -0.411 e. The minimum absolute atomic E-state index is 0.384. The van der Waals surface area contributed by atoms with Crippen molar-refractivity contribution < 1.29 is 5.21 Å². The first kappa shape index (κ1) is 9.85. The average Bonchev–Trinajstić information content (AvgIpc) is 2.87. The van der Waals surface area contributed by atoms with E-state index in [2.05, 4.69) is 34.3 Å². The third kappa shape index (κ3) is 1.52. The van der Waals surface area contributed by atoms with Gasteiger partial charge in [0.2, 0.25) is 0 Å². The summed E-state index contributed by atoms with van der Waals surface area (Å²) in [6, 6.07) is 11.5. The van der Waals surface area contributed by atoms with Crippen LogP contribution < -0.4 is 0 Å². The van der Waals surface area contributed by atoms with E-state index >= 15 is 0 Å². The maximum atomic E-state index is 8.93. The standard InChI is InChI=1S/C13H16N2O/c16-14-12-8-11-6-7-13(12)15(11)9-10-4-2-1-3-5-10/h1-5,11,13,16H,6-9H2/b14-12+. The lowest BCUT2D eigenvalue weighted by Crippen LogP contribution is -2.29. The second kappa shape index (κ2) is 3.91. The highest BCUT2D eigenvalue weighted by Crippen LogP contribution is 2.36. The van der Waals surface area contributed by atoms with Crippen molar-refractivity contribution in [2.75, 3.05) is 0 Å². The van der Waals surface area contributed by atoms with Gasteiger partial charge in [-0.1, -0.05) is 35.5 Å². The maximum absolute atomic E-state index is 8.93. The highest BCUT2D eigenvalue weighted by molar-refractivity contribution is 5.92. The van der Waals surface area contributed by atoms with Crippen LogP contribution in [0, 0.1) is 0 Å². The van der Waals surface area contributed by atoms with Crippen LogP contribution in [0.3, 0.4) is 0 Å². The summed E-state index contributed by atoms with van der Waals surface area (Å²) in [7, 11) is 0. The Hall–Kier alpha value is -1.35. The molecule has 1 N–H and O–H groups in total. The number of benzene rings is 1. The normalized spacial score (nSPS) is 31.4. The van der Waals surface area contributed by atoms with Crippen LogP contribution in [0.25, 0.3) is 0 Å². The Labute approximate surface area is 95.4 Å². The molecular formula is C13H16N2O. The van der Waals surface area contributed by atoms with E-state index < -0.39 is 0 Å². The Kier molecular flexibility index (Phi) is 2.40. The molecule has 0 aliphatic carbocycles. The summed E-state index contributed by atoms with van der Waals surface area (Å²) in [4.78, 5) is 2.48. The van der Waals surface area contributed by atoms with E-state index in [1.807, 2.05) is 6.07 Å². The van der Waals surface area contributed by atoms with E-state index in [4.69, 9.17) is 5.21 Å². The van der Waals surface area contributed by atoms with E-state index in [0.717, 1.165) is 25.1 Å². The van der Waals surface area contributed by atoms with Crippen molar-refractivity contribution in [2.24, 2.45) is 5.16 Å². The van der Waals surface area contributed by atoms with Crippen molar-refractivity contribution in [3.63, 3.8) is 0 Å². The van der Waals surface area contributed by atoms with Gasteiger partial charge in [0.05, 0.1) is 11.8 Å². The highest BCUT2D eigenvalue weighted by Gasteiger charge is 2.43. The Bertz CT molecular complexity index is 402. The van der Waals surface area contributed by atoms with Gasteiger partial charge in [0.25, 0.3) is 0 Å². The molecule has 2 atom stereocenters. The predicted octanol–water partition coefficient (Wildman–Crippen LogP) is 2.25. The van der Waals surface area contributed by atoms with Gasteiger partial charge in [-0.3, -0.25) is 4.90 Å². The van der Waals surface area contributed by atoms with E-state index in [-0.39, 0.29) is 0 Å². The average molecular weight is 216 g/mol. The van der Waals surface area contributed by atoms with Crippen LogP contribution in [0.15, 0.2) is 35.5 Å². The third-order valence-corrected chi connectivity index (χ3v) is 3.81. The lowest BCUT2D eigenvalue weighted by atomic mass is 9.99. The lowest BCUT2D eigenvalue weighted by Gasteiger charge is -2.20. The number of nitrogens with zero attached hydrogens (tertiary/aromatic N) is 2. The van der Waals surface area contributed by atoms with Crippen molar-refractivity contribution >= 4 is 5.71 Å². The molecule has 3 nitrogen and oxygen atoms in total. The molecule has 1 aromatic carbocycles. The summed E-state index contributed by atoms with van der Waals surface area (Å²) in [6.45, 7) is 0.981. The lowest BCUT2D eigenvalue weighted by molar-refractivity contribution is 0.252. The van der Waals surface area contributed by atoms with Gasteiger partial charge in [-0.05, 0) is 18.4 Å². The predicted molar refractivity (Wildman–Crippen MR) is 62.6 cm³/mol. The van der Waals surface area contributed by atoms with Gasteiger partial charge in [0.15, 0.2) is 0 Å². The summed E-state index contributed by atoms with van der Waals surface area (Å²) in [6.07, 6.45) is 3.35. The van der Waals surface area contributed by atoms with Gasteiger partial charge in [-0.25, -0.2) is 0 Å². The second-order valence-electron chi connectivity index (χ2n) is 4.70. The molecule has 2 unspecified atom stereocenters. The molecule has 2 saturated heterocycles. The number of oxime groups is 1. The molecule has 0 spiro atoms. The van der Waals surface area contributed by atoms with Gasteiger partial charge >= 0.3 is 0 Å². The second-order valence-corrected chi connectivity index (χ2v) is 4.70. The number of fused-ring (bicyclic) bond motifs is 2. The summed E-state index contributed by atoms with van der Waals surface area (Å²) < 4.78 is 0. The zero-order valence-corrected chi connectivity index (χ0v) is 9.21. The molecule has 16 heavy (non-hydrogen) atoms. The van der Waals surface area contributed by atoms with Crippen LogP contribution in [0.4, 0.5) is 0 Å². The fraction of sp³-hybridized carbons (Fsp3) is 0.462. The molecule has 0 aromatic heterocycles. The summed E-state index contributed by atoms with van der Waals surface area (Å²) in [5.74, 6) is 0. The number of hydrogen-bond acceptors (Lipinski definition) is 3. The van der Waals surface area contributed by atoms with Crippen LogP contribution in [-0.2, 0) is 6.54 Å². The fourth-order valence-electron chi connectivity index (χ4n) is 3.03. The molecule has 2 aliphatic rings. The SMILES string of the molecule is O/N=C1\CC2CCC1N2Cc1ccccc1. The van der Waals surface area contributed by atoms with Gasteiger partial charge in [0.1, 0.15) is 0 Å². The molecule has 3 heteroatoms. The molecule has 2 heterocycles. The maximum Gasteiger partial charge on any atom is 0.0757 e. The van der Waals surface area contributed by atoms with Crippen molar-refractivity contribution in [1.82, 2.24) is 4.90 Å². The molecular weight excluding hydrogens is 200 g/mol. The number of rotatable bonds is 2. The monoisotopic (exact) mass is 216 g/mol. The van der Waals surface area contributed by atoms with E-state index in [9.17, 15) is 0 Å². The Morgan fingerprint density at radius 2 is 2.06 bits per heavy atom. The van der Waals surface area contributed by atoms with Crippen molar-refractivity contribution in [2.45, 2.75) is 37.9 Å². The van der Waals surface area contributed by atoms with Crippen LogP contribution in [0.5, 0.6) is 0 Å². The van der Waals surface area contributed by atoms with Gasteiger partial charge in [-0.2, -0.15) is 0 Å².